The van der Waals surface area contributed by atoms with E-state index in [9.17, 15) is 0 Å². The molecule has 0 aliphatic heterocycles. The second-order valence-electron chi connectivity index (χ2n) is 11.4. The summed E-state index contributed by atoms with van der Waals surface area (Å²) in [6.45, 7) is 42.0. The molecule has 0 rings (SSSR count). The molecule has 11 heteroatoms. The van der Waals surface area contributed by atoms with E-state index in [1.807, 2.05) is 44.9 Å². The van der Waals surface area contributed by atoms with E-state index in [4.69, 9.17) is 33.7 Å². The Kier molecular flexibility index (Phi) is 107. The van der Waals surface area contributed by atoms with E-state index in [1.54, 1.807) is 0 Å². The minimum atomic E-state index is 1.35. The number of nitrogens with zero attached hydrogens (tertiary/aromatic N) is 3. The summed E-state index contributed by atoms with van der Waals surface area (Å²) in [5, 5.41) is 0. The van der Waals surface area contributed by atoms with Crippen LogP contribution in [0, 0.1) is 4.91 Å². The number of carbonyl (C=O) groups is 6. The number of hydrogen-bond acceptors (Lipinski definition) is 8. The Morgan fingerprint density at radius 3 is 0.469 bits per heavy atom. The monoisotopic (exact) mass is 751 g/mol. The molecule has 0 aliphatic rings. The van der Waals surface area contributed by atoms with Crippen LogP contribution in [0.1, 0.15) is 158 Å². The number of nitroso groups, excluding NO2 is 1. The molecule has 0 saturated heterocycles. The average molecular weight is 751 g/mol. The van der Waals surface area contributed by atoms with E-state index in [-0.39, 0.29) is 0 Å². The summed E-state index contributed by atoms with van der Waals surface area (Å²) in [5.74, 6) is 0. The van der Waals surface area contributed by atoms with E-state index in [0.29, 0.717) is 0 Å². The number of unbranched alkanes of at least 4 members (excludes halogenated alkanes) is 8. The van der Waals surface area contributed by atoms with Crippen LogP contribution in [0.3, 0.4) is 0 Å². The standard InChI is InChI=1S/2C16H36N.6CH2O.Fe.NO/c2*1-5-9-13-17(14-10-6-2,15-11-7-3)16-12-8-4;6*1-2;;1-2/h2*5-16H2,1-4H3;6*1H2;;/q2*+1;;;;;;;2*-1. The molecule has 0 atom stereocenters. The van der Waals surface area contributed by atoms with Crippen LogP contribution >= 0.6 is 0 Å². The summed E-state index contributed by atoms with van der Waals surface area (Å²) < 4.78 is 4.84. The molecule has 0 aromatic rings. The second-order valence-corrected chi connectivity index (χ2v) is 11.6. The number of hydrogen-bond donors (Lipinski definition) is 0. The van der Waals surface area contributed by atoms with E-state index in [1.165, 1.54) is 164 Å². The van der Waals surface area contributed by atoms with Gasteiger partial charge in [0.15, 0.2) is 0 Å². The van der Waals surface area contributed by atoms with Crippen LogP contribution < -0.4 is 0 Å². The van der Waals surface area contributed by atoms with Gasteiger partial charge in [-0.1, -0.05) is 107 Å². The molecule has 0 saturated carbocycles. The van der Waals surface area contributed by atoms with Crippen molar-refractivity contribution in [2.24, 2.45) is 4.19 Å². The van der Waals surface area contributed by atoms with Gasteiger partial charge in [0.05, 0.1) is 52.4 Å². The van der Waals surface area contributed by atoms with Gasteiger partial charge >= 0.3 is 25.3 Å². The van der Waals surface area contributed by atoms with Crippen LogP contribution in [0.15, 0.2) is 4.19 Å². The molecule has 0 radical (unpaired) electrons. The van der Waals surface area contributed by atoms with Gasteiger partial charge in [-0.15, -0.1) is 0 Å². The molecule has 49 heavy (non-hydrogen) atoms. The summed E-state index contributed by atoms with van der Waals surface area (Å²) >= 11 is 2.56. The van der Waals surface area contributed by atoms with E-state index in [2.05, 4.69) is 71.6 Å². The Hall–Kier alpha value is -1.94. The van der Waals surface area contributed by atoms with E-state index < -0.39 is 0 Å². The number of quaternary nitrogens is 2. The average Bonchev–Trinajstić information content (AvgIpc) is 3.19. The van der Waals surface area contributed by atoms with Crippen LogP contribution in [0.4, 0.5) is 0 Å². The van der Waals surface area contributed by atoms with Crippen LogP contribution in [0.5, 0.6) is 0 Å². The maximum absolute atomic E-state index is 8.44. The molecule has 0 aliphatic carbocycles. The molecule has 0 spiro atoms. The third-order valence-electron chi connectivity index (χ3n) is 7.89. The van der Waals surface area contributed by atoms with Gasteiger partial charge in [-0.05, 0) is 51.4 Å². The second kappa shape index (κ2) is 76.1. The molecule has 0 heterocycles. The quantitative estimate of drug-likeness (QED) is 0.0546. The molecule has 0 aromatic heterocycles. The van der Waals surface area contributed by atoms with E-state index in [0.717, 1.165) is 0 Å². The zero-order valence-corrected chi connectivity index (χ0v) is 34.9. The Morgan fingerprint density at radius 1 is 0.327 bits per heavy atom. The normalized spacial score (nSPS) is 9.10. The van der Waals surface area contributed by atoms with Crippen molar-refractivity contribution in [3.63, 3.8) is 0 Å². The Labute approximate surface area is 313 Å². The molecule has 301 valence electrons. The van der Waals surface area contributed by atoms with Crippen molar-refractivity contribution >= 4 is 40.7 Å². The molecule has 0 N–H and O–H groups in total. The summed E-state index contributed by atoms with van der Waals surface area (Å²) in [4.78, 5) is 56.4. The first-order chi connectivity index (χ1) is 23.9. The van der Waals surface area contributed by atoms with Crippen LogP contribution in [0.25, 0.3) is 0 Å². The Balaban J connectivity index is -0.0000000669. The molecular weight excluding hydrogens is 666 g/mol. The maximum atomic E-state index is 8.44. The van der Waals surface area contributed by atoms with Crippen molar-refractivity contribution < 1.29 is 54.0 Å². The first-order valence-electron chi connectivity index (χ1n) is 18.3. The van der Waals surface area contributed by atoms with Gasteiger partial charge in [-0.2, -0.15) is 0 Å². The van der Waals surface area contributed by atoms with Crippen molar-refractivity contribution in [1.82, 2.24) is 0 Å². The Bertz CT molecular complexity index is 413. The summed E-state index contributed by atoms with van der Waals surface area (Å²) in [6.07, 6.45) is 22.1. The third kappa shape index (κ3) is 61.7. The number of rotatable bonds is 24. The summed E-state index contributed by atoms with van der Waals surface area (Å²) in [5.41, 5.74) is 0. The van der Waals surface area contributed by atoms with Crippen molar-refractivity contribution in [2.45, 2.75) is 158 Å². The SMILES string of the molecule is C=O.C=O.C=O.C=O.C=O.C=O.CCCC[N+](CCCC)(CCCC)CCCC.CCCC[N+](CCCC)(CCCC)CCCC.O=[N][Fe-2]. The third-order valence-corrected chi connectivity index (χ3v) is 7.89. The first kappa shape index (κ1) is 68.9. The minimum absolute atomic E-state index is 1.35. The van der Waals surface area contributed by atoms with Gasteiger partial charge in [-0.3, -0.25) is 0 Å². The fourth-order valence-corrected chi connectivity index (χ4v) is 5.29. The van der Waals surface area contributed by atoms with Gasteiger partial charge in [0.1, 0.15) is 40.7 Å². The Morgan fingerprint density at radius 2 is 0.408 bits per heavy atom. The predicted octanol–water partition coefficient (Wildman–Crippen LogP) is 9.11. The summed E-state index contributed by atoms with van der Waals surface area (Å²) in [7, 11) is 0. The van der Waals surface area contributed by atoms with Gasteiger partial charge in [0.25, 0.3) is 0 Å². The summed E-state index contributed by atoms with van der Waals surface area (Å²) in [6, 6.07) is 0. The zero-order chi connectivity index (χ0) is 40.7. The van der Waals surface area contributed by atoms with Crippen LogP contribution in [-0.2, 0) is 45.0 Å². The van der Waals surface area contributed by atoms with Crippen LogP contribution in [-0.4, -0.2) is 102 Å². The van der Waals surface area contributed by atoms with Gasteiger partial charge in [0.2, 0.25) is 0 Å². The predicted molar refractivity (Wildman–Crippen MR) is 207 cm³/mol. The fraction of sp³-hybridized carbons (Fsp3) is 0.842. The van der Waals surface area contributed by atoms with Crippen molar-refractivity contribution in [3.8, 4) is 0 Å². The van der Waals surface area contributed by atoms with Crippen molar-refractivity contribution in [1.29, 1.82) is 0 Å². The molecule has 0 bridgehead atoms. The fourth-order valence-electron chi connectivity index (χ4n) is 5.29. The van der Waals surface area contributed by atoms with E-state index >= 15 is 0 Å². The van der Waals surface area contributed by atoms with Gasteiger partial charge < -0.3 is 37.7 Å². The molecule has 0 aromatic carbocycles. The molecule has 0 fully saturated rings. The first-order valence-corrected chi connectivity index (χ1v) is 18.8. The molecule has 10 nitrogen and oxygen atoms in total. The molecule has 0 amide bonds. The van der Waals surface area contributed by atoms with Crippen molar-refractivity contribution in [2.75, 3.05) is 52.4 Å². The van der Waals surface area contributed by atoms with Gasteiger partial charge in [-0.25, -0.2) is 0 Å². The molecular formula is C38H84FeN3O7. The van der Waals surface area contributed by atoms with Gasteiger partial charge in [0, 0.05) is 0 Å². The topological polar surface area (TPSA) is 132 Å². The zero-order valence-electron chi connectivity index (χ0n) is 33.8. The van der Waals surface area contributed by atoms with Crippen LogP contribution in [0.2, 0.25) is 0 Å². The van der Waals surface area contributed by atoms with Crippen molar-refractivity contribution in [3.05, 3.63) is 4.91 Å². The number of carbonyl (C=O) groups excluding carboxylic acids is 6. The molecule has 0 unspecified atom stereocenters.